The van der Waals surface area contributed by atoms with E-state index in [4.69, 9.17) is 5.10 Å². The lowest BCUT2D eigenvalue weighted by Gasteiger charge is -2.39. The molecule has 3 aromatic heterocycles. The first kappa shape index (κ1) is 20.6. The number of nitrogens with zero attached hydrogens (tertiary/aromatic N) is 7. The van der Waals surface area contributed by atoms with Gasteiger partial charge in [0.1, 0.15) is 17.3 Å². The lowest BCUT2D eigenvalue weighted by Crippen LogP contribution is -2.48. The Morgan fingerprint density at radius 1 is 1.18 bits per heavy atom. The van der Waals surface area contributed by atoms with Gasteiger partial charge in [-0.1, -0.05) is 0 Å². The van der Waals surface area contributed by atoms with Gasteiger partial charge in [0.25, 0.3) is 0 Å². The van der Waals surface area contributed by atoms with Crippen molar-refractivity contribution in [1.29, 1.82) is 5.26 Å². The molecule has 0 bridgehead atoms. The molecule has 0 spiro atoms. The quantitative estimate of drug-likeness (QED) is 0.648. The zero-order valence-corrected chi connectivity index (χ0v) is 18.9. The van der Waals surface area contributed by atoms with E-state index in [9.17, 15) is 14.8 Å². The summed E-state index contributed by atoms with van der Waals surface area (Å²) in [5.74, 6) is -0.421. The predicted octanol–water partition coefficient (Wildman–Crippen LogP) is 2.78. The van der Waals surface area contributed by atoms with Crippen molar-refractivity contribution in [2.24, 2.45) is 0 Å². The van der Waals surface area contributed by atoms with Crippen molar-refractivity contribution in [2.45, 2.75) is 76.8 Å². The van der Waals surface area contributed by atoms with Crippen molar-refractivity contribution in [3.63, 3.8) is 0 Å². The Balaban J connectivity index is 1.36. The summed E-state index contributed by atoms with van der Waals surface area (Å²) in [6, 6.07) is 6.30. The molecule has 1 aliphatic carbocycles. The van der Waals surface area contributed by atoms with Gasteiger partial charge in [-0.3, -0.25) is 9.58 Å². The molecule has 1 N–H and O–H groups in total. The zero-order valence-electron chi connectivity index (χ0n) is 18.9. The molecule has 6 rings (SSSR count). The number of aliphatic hydroxyl groups is 1. The molecule has 2 aliphatic heterocycles. The van der Waals surface area contributed by atoms with Crippen LogP contribution in [0.5, 0.6) is 0 Å². The molecule has 1 saturated carbocycles. The Morgan fingerprint density at radius 2 is 2.03 bits per heavy atom. The molecular weight excluding hydrogens is 421 g/mol. The van der Waals surface area contributed by atoms with Crippen LogP contribution in [0.1, 0.15) is 61.8 Å². The average molecular weight is 450 g/mol. The molecule has 3 aromatic rings. The first-order valence-corrected chi connectivity index (χ1v) is 11.8. The molecule has 0 unspecified atom stereocenters. The highest BCUT2D eigenvalue weighted by molar-refractivity contribution is 5.75. The highest BCUT2D eigenvalue weighted by atomic mass is 19.1. The first-order chi connectivity index (χ1) is 16.0. The Morgan fingerprint density at radius 3 is 2.79 bits per heavy atom. The van der Waals surface area contributed by atoms with Gasteiger partial charge in [0.05, 0.1) is 42.0 Å². The zero-order chi connectivity index (χ0) is 22.9. The van der Waals surface area contributed by atoms with Crippen LogP contribution in [0.2, 0.25) is 0 Å². The van der Waals surface area contributed by atoms with Crippen molar-refractivity contribution in [2.75, 3.05) is 11.4 Å². The van der Waals surface area contributed by atoms with E-state index in [1.165, 1.54) is 22.0 Å². The van der Waals surface area contributed by atoms with Crippen LogP contribution in [0.15, 0.2) is 18.3 Å². The summed E-state index contributed by atoms with van der Waals surface area (Å²) in [5.41, 5.74) is 4.99. The smallest absolute Gasteiger partial charge is 0.171 e. The first-order valence-electron chi connectivity index (χ1n) is 11.8. The van der Waals surface area contributed by atoms with E-state index in [0.717, 1.165) is 43.6 Å². The van der Waals surface area contributed by atoms with Crippen LogP contribution in [0.4, 0.5) is 10.1 Å². The monoisotopic (exact) mass is 449 g/mol. The second kappa shape index (κ2) is 7.54. The number of halogens is 1. The molecule has 0 radical (unpaired) electrons. The molecule has 172 valence electrons. The predicted molar refractivity (Wildman–Crippen MR) is 120 cm³/mol. The van der Waals surface area contributed by atoms with E-state index in [1.807, 2.05) is 6.07 Å². The lowest BCUT2D eigenvalue weighted by molar-refractivity contribution is 0.0355. The van der Waals surface area contributed by atoms with E-state index < -0.39 is 5.82 Å². The summed E-state index contributed by atoms with van der Waals surface area (Å²) >= 11 is 0. The van der Waals surface area contributed by atoms with Crippen LogP contribution in [-0.2, 0) is 19.5 Å². The SMILES string of the molecule is C[C@@H]1CN(c2ccc(C#N)n3ncc(F)c23)Cc2c3c(nn21)CN([C@@H]1CCC[C@H]1O)[C@@H](C)C3. The molecule has 5 heterocycles. The molecule has 1 fully saturated rings. The van der Waals surface area contributed by atoms with Crippen LogP contribution in [0, 0.1) is 17.1 Å². The van der Waals surface area contributed by atoms with Gasteiger partial charge in [-0.05, 0) is 51.7 Å². The van der Waals surface area contributed by atoms with Gasteiger partial charge in [-0.15, -0.1) is 0 Å². The van der Waals surface area contributed by atoms with E-state index in [0.29, 0.717) is 30.3 Å². The third-order valence-corrected chi connectivity index (χ3v) is 7.76. The van der Waals surface area contributed by atoms with Crippen LogP contribution in [0.25, 0.3) is 5.52 Å². The molecule has 4 atom stereocenters. The van der Waals surface area contributed by atoms with E-state index in [2.05, 4.69) is 39.5 Å². The molecule has 0 amide bonds. The number of anilines is 1. The van der Waals surface area contributed by atoms with Crippen molar-refractivity contribution in [3.05, 3.63) is 46.8 Å². The molecular formula is C24H28FN7O. The van der Waals surface area contributed by atoms with E-state index in [-0.39, 0.29) is 18.2 Å². The fourth-order valence-electron chi connectivity index (χ4n) is 6.16. The molecule has 33 heavy (non-hydrogen) atoms. The molecule has 3 aliphatic rings. The van der Waals surface area contributed by atoms with Crippen molar-refractivity contribution in [3.8, 4) is 6.07 Å². The number of fused-ring (bicyclic) bond motifs is 4. The standard InChI is InChI=1S/C24H28FN7O/c1-14-8-17-19(12-30(14)20-4-3-5-23(20)33)28-31-15(2)11-29(13-22(17)31)21-7-6-16(9-26)32-24(21)18(25)10-27-32/h6-7,10,14-15,20,23,33H,3-5,8,11-13H2,1-2H3/t14-,15+,20+,23+/m0/s1. The van der Waals surface area contributed by atoms with Gasteiger partial charge in [0.2, 0.25) is 0 Å². The third-order valence-electron chi connectivity index (χ3n) is 7.76. The van der Waals surface area contributed by atoms with Gasteiger partial charge < -0.3 is 10.0 Å². The van der Waals surface area contributed by atoms with Gasteiger partial charge in [0.15, 0.2) is 5.82 Å². The molecule has 0 saturated heterocycles. The summed E-state index contributed by atoms with van der Waals surface area (Å²) in [4.78, 5) is 4.62. The Kier molecular flexibility index (Phi) is 4.71. The summed E-state index contributed by atoms with van der Waals surface area (Å²) < 4.78 is 18.2. The topological polar surface area (TPSA) is 85.6 Å². The number of aromatic nitrogens is 4. The lowest BCUT2D eigenvalue weighted by atomic mass is 9.94. The molecule has 8 nitrogen and oxygen atoms in total. The summed E-state index contributed by atoms with van der Waals surface area (Å²) in [7, 11) is 0. The Bertz CT molecular complexity index is 1270. The number of aliphatic hydroxyl groups excluding tert-OH is 1. The van der Waals surface area contributed by atoms with E-state index >= 15 is 0 Å². The maximum Gasteiger partial charge on any atom is 0.171 e. The number of hydrogen-bond donors (Lipinski definition) is 1. The fourth-order valence-corrected chi connectivity index (χ4v) is 6.16. The normalized spacial score (nSPS) is 27.5. The minimum absolute atomic E-state index is 0.127. The average Bonchev–Trinajstić information content (AvgIpc) is 3.50. The molecule has 0 aromatic carbocycles. The highest BCUT2D eigenvalue weighted by Gasteiger charge is 2.39. The maximum atomic E-state index is 14.7. The largest absolute Gasteiger partial charge is 0.391 e. The summed E-state index contributed by atoms with van der Waals surface area (Å²) in [6.07, 6.45) is 4.84. The van der Waals surface area contributed by atoms with Gasteiger partial charge in [-0.25, -0.2) is 8.91 Å². The van der Waals surface area contributed by atoms with Crippen LogP contribution < -0.4 is 4.90 Å². The van der Waals surface area contributed by atoms with Crippen molar-refractivity contribution < 1.29 is 9.50 Å². The van der Waals surface area contributed by atoms with E-state index in [1.54, 1.807) is 6.07 Å². The second-order valence-electron chi connectivity index (χ2n) is 9.81. The van der Waals surface area contributed by atoms with Crippen molar-refractivity contribution >= 4 is 11.2 Å². The Hall–Kier alpha value is -2.96. The number of pyridine rings is 1. The number of rotatable bonds is 2. The molecule has 9 heteroatoms. The van der Waals surface area contributed by atoms with Gasteiger partial charge >= 0.3 is 0 Å². The minimum atomic E-state index is -0.421. The van der Waals surface area contributed by atoms with Gasteiger partial charge in [0, 0.05) is 30.7 Å². The van der Waals surface area contributed by atoms with Crippen LogP contribution in [0.3, 0.4) is 0 Å². The summed E-state index contributed by atoms with van der Waals surface area (Å²) in [5, 5.41) is 28.9. The van der Waals surface area contributed by atoms with Gasteiger partial charge in [-0.2, -0.15) is 15.5 Å². The fraction of sp³-hybridized carbons (Fsp3) is 0.542. The van der Waals surface area contributed by atoms with Crippen LogP contribution in [-0.4, -0.2) is 54.1 Å². The van der Waals surface area contributed by atoms with Crippen molar-refractivity contribution in [1.82, 2.24) is 24.3 Å². The minimum Gasteiger partial charge on any atom is -0.391 e. The van der Waals surface area contributed by atoms with Crippen LogP contribution >= 0.6 is 0 Å². The number of nitriles is 1. The Labute approximate surface area is 191 Å². The highest BCUT2D eigenvalue weighted by Crippen LogP contribution is 2.37. The summed E-state index contributed by atoms with van der Waals surface area (Å²) in [6.45, 7) is 6.48. The third kappa shape index (κ3) is 3.08. The maximum absolute atomic E-state index is 14.7. The second-order valence-corrected chi connectivity index (χ2v) is 9.81. The number of hydrogen-bond acceptors (Lipinski definition) is 6.